The van der Waals surface area contributed by atoms with Gasteiger partial charge in [0.25, 0.3) is 0 Å². The van der Waals surface area contributed by atoms with E-state index in [0.717, 1.165) is 12.0 Å². The highest BCUT2D eigenvalue weighted by atomic mass is 19.1. The number of nitro benzene ring substituents is 1. The monoisotopic (exact) mass is 240 g/mol. The molecule has 0 aliphatic heterocycles. The molecule has 1 aromatic rings. The summed E-state index contributed by atoms with van der Waals surface area (Å²) in [5.41, 5.74) is 5.84. The van der Waals surface area contributed by atoms with Crippen molar-refractivity contribution >= 4 is 5.69 Å². The predicted octanol–water partition coefficient (Wildman–Crippen LogP) is 2.65. The fourth-order valence-corrected chi connectivity index (χ4v) is 1.64. The van der Waals surface area contributed by atoms with Crippen molar-refractivity contribution in [2.75, 3.05) is 6.54 Å². The minimum absolute atomic E-state index is 0.0947. The van der Waals surface area contributed by atoms with Gasteiger partial charge in [0.05, 0.1) is 4.92 Å². The highest BCUT2D eigenvalue weighted by molar-refractivity contribution is 5.35. The van der Waals surface area contributed by atoms with E-state index in [1.807, 2.05) is 13.8 Å². The minimum Gasteiger partial charge on any atom is -0.330 e. The van der Waals surface area contributed by atoms with Gasteiger partial charge >= 0.3 is 5.69 Å². The van der Waals surface area contributed by atoms with Crippen molar-refractivity contribution in [3.05, 3.63) is 39.7 Å². The molecule has 0 saturated carbocycles. The van der Waals surface area contributed by atoms with Crippen molar-refractivity contribution in [3.63, 3.8) is 0 Å². The van der Waals surface area contributed by atoms with Gasteiger partial charge in [-0.1, -0.05) is 19.9 Å². The van der Waals surface area contributed by atoms with E-state index in [0.29, 0.717) is 13.0 Å². The summed E-state index contributed by atoms with van der Waals surface area (Å²) in [6.07, 6.45) is 1.50. The average Bonchev–Trinajstić information content (AvgIpc) is 2.28. The van der Waals surface area contributed by atoms with Gasteiger partial charge in [-0.2, -0.15) is 4.39 Å². The topological polar surface area (TPSA) is 69.2 Å². The van der Waals surface area contributed by atoms with Gasteiger partial charge in [-0.05, 0) is 36.4 Å². The van der Waals surface area contributed by atoms with E-state index in [1.165, 1.54) is 12.1 Å². The Kier molecular flexibility index (Phi) is 4.17. The van der Waals surface area contributed by atoms with Gasteiger partial charge in [-0.15, -0.1) is 0 Å². The maximum atomic E-state index is 13.4. The summed E-state index contributed by atoms with van der Waals surface area (Å²) < 4.78 is 13.4. The Labute approximate surface area is 99.8 Å². The van der Waals surface area contributed by atoms with Crippen LogP contribution in [0.3, 0.4) is 0 Å². The number of nitro groups is 1. The zero-order valence-corrected chi connectivity index (χ0v) is 10.1. The summed E-state index contributed by atoms with van der Waals surface area (Å²) in [7, 11) is 0. The van der Waals surface area contributed by atoms with Crippen LogP contribution in [0.1, 0.15) is 25.8 Å². The van der Waals surface area contributed by atoms with Crippen LogP contribution in [-0.4, -0.2) is 11.5 Å². The Bertz CT molecular complexity index is 417. The Morgan fingerprint density at radius 1 is 1.53 bits per heavy atom. The van der Waals surface area contributed by atoms with Crippen LogP contribution in [0.15, 0.2) is 18.2 Å². The molecular weight excluding hydrogens is 223 g/mol. The zero-order chi connectivity index (χ0) is 13.1. The number of halogens is 1. The largest absolute Gasteiger partial charge is 0.330 e. The molecule has 0 bridgehead atoms. The Morgan fingerprint density at radius 2 is 2.18 bits per heavy atom. The first-order chi connectivity index (χ1) is 7.91. The third-order valence-corrected chi connectivity index (χ3v) is 3.19. The van der Waals surface area contributed by atoms with Crippen LogP contribution in [0.2, 0.25) is 0 Å². The van der Waals surface area contributed by atoms with Gasteiger partial charge in [-0.25, -0.2) is 0 Å². The number of rotatable bonds is 5. The van der Waals surface area contributed by atoms with Crippen molar-refractivity contribution in [2.45, 2.75) is 26.7 Å². The molecule has 1 rings (SSSR count). The normalized spacial score (nSPS) is 14.4. The molecule has 0 radical (unpaired) electrons. The van der Waals surface area contributed by atoms with E-state index in [-0.39, 0.29) is 5.41 Å². The third kappa shape index (κ3) is 3.23. The quantitative estimate of drug-likeness (QED) is 0.635. The number of hydrogen-bond donors (Lipinski definition) is 1. The predicted molar refractivity (Wildman–Crippen MR) is 64.2 cm³/mol. The van der Waals surface area contributed by atoms with Crippen molar-refractivity contribution in [2.24, 2.45) is 11.1 Å². The second-order valence-electron chi connectivity index (χ2n) is 4.59. The summed E-state index contributed by atoms with van der Waals surface area (Å²) >= 11 is 0. The molecule has 0 amide bonds. The van der Waals surface area contributed by atoms with Gasteiger partial charge in [0.15, 0.2) is 0 Å². The van der Waals surface area contributed by atoms with Crippen LogP contribution in [-0.2, 0) is 6.42 Å². The maximum Gasteiger partial charge on any atom is 0.304 e. The summed E-state index contributed by atoms with van der Waals surface area (Å²) in [6, 6.07) is 4.02. The summed E-state index contributed by atoms with van der Waals surface area (Å²) in [5.74, 6) is -0.789. The molecule has 5 heteroatoms. The molecule has 0 heterocycles. The number of nitrogens with zero attached hydrogens (tertiary/aromatic N) is 1. The molecule has 1 aromatic carbocycles. The van der Waals surface area contributed by atoms with Crippen molar-refractivity contribution in [3.8, 4) is 0 Å². The third-order valence-electron chi connectivity index (χ3n) is 3.19. The molecule has 0 spiro atoms. The van der Waals surface area contributed by atoms with Crippen LogP contribution < -0.4 is 5.73 Å². The molecule has 0 saturated heterocycles. The highest BCUT2D eigenvalue weighted by Gasteiger charge is 2.22. The van der Waals surface area contributed by atoms with E-state index >= 15 is 0 Å². The smallest absolute Gasteiger partial charge is 0.304 e. The SMILES string of the molecule is CCC(C)(CN)Cc1ccc([N+](=O)[O-])c(F)c1. The standard InChI is InChI=1S/C12H17FN2O2/c1-3-12(2,8-14)7-9-4-5-11(15(16)17)10(13)6-9/h4-6H,3,7-8,14H2,1-2H3. The molecule has 0 fully saturated rings. The van der Waals surface area contributed by atoms with Gasteiger partial charge in [0, 0.05) is 6.07 Å². The summed E-state index contributed by atoms with van der Waals surface area (Å²) in [4.78, 5) is 9.76. The van der Waals surface area contributed by atoms with E-state index in [4.69, 9.17) is 5.73 Å². The Morgan fingerprint density at radius 3 is 2.59 bits per heavy atom. The van der Waals surface area contributed by atoms with Gasteiger partial charge in [0.2, 0.25) is 5.82 Å². The van der Waals surface area contributed by atoms with Crippen molar-refractivity contribution in [1.29, 1.82) is 0 Å². The van der Waals surface area contributed by atoms with Crippen LogP contribution in [0.4, 0.5) is 10.1 Å². The number of nitrogens with two attached hydrogens (primary N) is 1. The van der Waals surface area contributed by atoms with Crippen LogP contribution in [0, 0.1) is 21.3 Å². The fraction of sp³-hybridized carbons (Fsp3) is 0.500. The molecule has 0 aromatic heterocycles. The fourth-order valence-electron chi connectivity index (χ4n) is 1.64. The van der Waals surface area contributed by atoms with E-state index in [2.05, 4.69) is 0 Å². The van der Waals surface area contributed by atoms with Gasteiger partial charge in [-0.3, -0.25) is 10.1 Å². The van der Waals surface area contributed by atoms with Crippen molar-refractivity contribution in [1.82, 2.24) is 0 Å². The molecule has 4 nitrogen and oxygen atoms in total. The summed E-state index contributed by atoms with van der Waals surface area (Å²) in [5, 5.41) is 10.5. The first kappa shape index (κ1) is 13.6. The lowest BCUT2D eigenvalue weighted by Gasteiger charge is -2.26. The van der Waals surface area contributed by atoms with Crippen LogP contribution in [0.25, 0.3) is 0 Å². The molecule has 94 valence electrons. The van der Waals surface area contributed by atoms with Crippen LogP contribution in [0.5, 0.6) is 0 Å². The lowest BCUT2D eigenvalue weighted by atomic mass is 9.81. The van der Waals surface area contributed by atoms with E-state index < -0.39 is 16.4 Å². The second kappa shape index (κ2) is 5.23. The zero-order valence-electron chi connectivity index (χ0n) is 10.1. The van der Waals surface area contributed by atoms with E-state index in [9.17, 15) is 14.5 Å². The lowest BCUT2D eigenvalue weighted by Crippen LogP contribution is -2.28. The lowest BCUT2D eigenvalue weighted by molar-refractivity contribution is -0.387. The maximum absolute atomic E-state index is 13.4. The van der Waals surface area contributed by atoms with E-state index in [1.54, 1.807) is 6.07 Å². The molecule has 0 aliphatic rings. The molecule has 0 aliphatic carbocycles. The molecular formula is C12H17FN2O2. The highest BCUT2D eigenvalue weighted by Crippen LogP contribution is 2.27. The Hall–Kier alpha value is -1.49. The first-order valence-corrected chi connectivity index (χ1v) is 5.55. The van der Waals surface area contributed by atoms with Gasteiger partial charge in [0.1, 0.15) is 0 Å². The molecule has 1 unspecified atom stereocenters. The van der Waals surface area contributed by atoms with Crippen LogP contribution >= 0.6 is 0 Å². The molecule has 17 heavy (non-hydrogen) atoms. The molecule has 2 N–H and O–H groups in total. The number of hydrogen-bond acceptors (Lipinski definition) is 3. The Balaban J connectivity index is 2.95. The number of benzene rings is 1. The van der Waals surface area contributed by atoms with Gasteiger partial charge < -0.3 is 5.73 Å². The average molecular weight is 240 g/mol. The summed E-state index contributed by atoms with van der Waals surface area (Å²) in [6.45, 7) is 4.54. The first-order valence-electron chi connectivity index (χ1n) is 5.55. The minimum atomic E-state index is -0.789. The molecule has 1 atom stereocenters. The van der Waals surface area contributed by atoms with Crippen molar-refractivity contribution < 1.29 is 9.31 Å². The second-order valence-corrected chi connectivity index (χ2v) is 4.59.